The number of fused-ring (bicyclic) bond motifs is 3. The van der Waals surface area contributed by atoms with Crippen molar-refractivity contribution in [2.75, 3.05) is 13.2 Å². The molecular weight excluding hydrogens is 284 g/mol. The molecule has 2 bridgehead atoms. The van der Waals surface area contributed by atoms with Gasteiger partial charge in [-0.15, -0.1) is 0 Å². The number of hydrogen-bond acceptors (Lipinski definition) is 4. The topological polar surface area (TPSA) is 38.7 Å². The van der Waals surface area contributed by atoms with E-state index < -0.39 is 5.60 Å². The molecule has 0 amide bonds. The fraction of sp³-hybridized carbons (Fsp3) is 0.647. The second-order valence-electron chi connectivity index (χ2n) is 6.46. The molecule has 2 fully saturated rings. The maximum Gasteiger partial charge on any atom is 0.161 e. The lowest BCUT2D eigenvalue weighted by Gasteiger charge is -2.44. The van der Waals surface area contributed by atoms with E-state index >= 15 is 0 Å². The highest BCUT2D eigenvalue weighted by atomic mass is 32.2. The molecule has 0 aromatic heterocycles. The molecule has 1 N–H and O–H groups in total. The molecule has 3 nitrogen and oxygen atoms in total. The zero-order valence-corrected chi connectivity index (χ0v) is 13.0. The molecule has 4 heteroatoms. The van der Waals surface area contributed by atoms with Crippen molar-refractivity contribution in [1.29, 1.82) is 0 Å². The van der Waals surface area contributed by atoms with E-state index in [1.54, 1.807) is 0 Å². The molecule has 2 unspecified atom stereocenters. The summed E-state index contributed by atoms with van der Waals surface area (Å²) in [4.78, 5) is 0. The first kappa shape index (κ1) is 13.8. The number of ether oxygens (including phenoxy) is 2. The first-order valence-corrected chi connectivity index (χ1v) is 8.95. The fourth-order valence-corrected chi connectivity index (χ4v) is 5.70. The molecule has 114 valence electrons. The summed E-state index contributed by atoms with van der Waals surface area (Å²) >= 11 is 2.09. The van der Waals surface area contributed by atoms with Crippen LogP contribution in [0.3, 0.4) is 0 Å². The summed E-state index contributed by atoms with van der Waals surface area (Å²) in [6.07, 6.45) is 6.46. The van der Waals surface area contributed by atoms with E-state index in [2.05, 4.69) is 11.8 Å². The van der Waals surface area contributed by atoms with Crippen molar-refractivity contribution in [3.8, 4) is 11.5 Å². The van der Waals surface area contributed by atoms with Crippen LogP contribution < -0.4 is 9.47 Å². The Balaban J connectivity index is 1.64. The van der Waals surface area contributed by atoms with E-state index in [1.807, 2.05) is 18.2 Å². The summed E-state index contributed by atoms with van der Waals surface area (Å²) in [6, 6.07) is 6.00. The van der Waals surface area contributed by atoms with Crippen molar-refractivity contribution in [3.63, 3.8) is 0 Å². The van der Waals surface area contributed by atoms with E-state index in [0.29, 0.717) is 23.7 Å². The Morgan fingerprint density at radius 2 is 1.71 bits per heavy atom. The van der Waals surface area contributed by atoms with Gasteiger partial charge < -0.3 is 14.6 Å². The third-order valence-electron chi connectivity index (χ3n) is 4.85. The molecular formula is C17H22O3S. The average molecular weight is 306 g/mol. The molecule has 1 aromatic rings. The van der Waals surface area contributed by atoms with Gasteiger partial charge in [0, 0.05) is 16.9 Å². The molecule has 3 aliphatic heterocycles. The molecule has 1 aromatic carbocycles. The van der Waals surface area contributed by atoms with Gasteiger partial charge in [0.1, 0.15) is 0 Å². The van der Waals surface area contributed by atoms with Crippen LogP contribution in [-0.4, -0.2) is 28.8 Å². The first-order valence-electron chi connectivity index (χ1n) is 8.01. The molecule has 0 spiro atoms. The van der Waals surface area contributed by atoms with Crippen LogP contribution in [0.25, 0.3) is 0 Å². The third-order valence-corrected chi connectivity index (χ3v) is 6.43. The lowest BCUT2D eigenvalue weighted by Crippen LogP contribution is -2.40. The highest BCUT2D eigenvalue weighted by Crippen LogP contribution is 2.50. The smallest absolute Gasteiger partial charge is 0.161 e. The zero-order valence-electron chi connectivity index (χ0n) is 12.2. The van der Waals surface area contributed by atoms with Gasteiger partial charge in [-0.25, -0.2) is 0 Å². The molecule has 0 aliphatic carbocycles. The van der Waals surface area contributed by atoms with Gasteiger partial charge in [-0.1, -0.05) is 12.5 Å². The van der Waals surface area contributed by atoms with Crippen LogP contribution in [0.5, 0.6) is 11.5 Å². The molecule has 2 atom stereocenters. The van der Waals surface area contributed by atoms with Crippen molar-refractivity contribution < 1.29 is 14.6 Å². The van der Waals surface area contributed by atoms with Crippen molar-refractivity contribution in [2.45, 2.75) is 54.6 Å². The zero-order chi connectivity index (χ0) is 14.3. The van der Waals surface area contributed by atoms with Crippen LogP contribution >= 0.6 is 11.8 Å². The van der Waals surface area contributed by atoms with E-state index in [-0.39, 0.29) is 0 Å². The summed E-state index contributed by atoms with van der Waals surface area (Å²) in [7, 11) is 0. The molecule has 2 saturated heterocycles. The number of hydrogen-bond donors (Lipinski definition) is 1. The van der Waals surface area contributed by atoms with Gasteiger partial charge in [0.05, 0.1) is 18.8 Å². The van der Waals surface area contributed by atoms with E-state index in [1.165, 1.54) is 19.3 Å². The number of rotatable bonds is 1. The van der Waals surface area contributed by atoms with Gasteiger partial charge >= 0.3 is 0 Å². The summed E-state index contributed by atoms with van der Waals surface area (Å²) in [5.41, 5.74) is 0.315. The molecule has 3 aliphatic rings. The second kappa shape index (κ2) is 5.40. The highest BCUT2D eigenvalue weighted by Gasteiger charge is 2.42. The number of thioether (sulfide) groups is 1. The van der Waals surface area contributed by atoms with E-state index in [0.717, 1.165) is 36.3 Å². The van der Waals surface area contributed by atoms with Crippen LogP contribution in [0, 0.1) is 0 Å². The lowest BCUT2D eigenvalue weighted by atomic mass is 9.80. The van der Waals surface area contributed by atoms with Gasteiger partial charge in [-0.2, -0.15) is 11.8 Å². The largest absolute Gasteiger partial charge is 0.490 e. The highest BCUT2D eigenvalue weighted by molar-refractivity contribution is 8.00. The quantitative estimate of drug-likeness (QED) is 0.862. The van der Waals surface area contributed by atoms with Gasteiger partial charge in [0.15, 0.2) is 11.5 Å². The summed E-state index contributed by atoms with van der Waals surface area (Å²) in [6.45, 7) is 1.40. The van der Waals surface area contributed by atoms with Gasteiger partial charge in [-0.05, 0) is 43.4 Å². The van der Waals surface area contributed by atoms with Crippen molar-refractivity contribution in [2.24, 2.45) is 0 Å². The Morgan fingerprint density at radius 3 is 2.48 bits per heavy atom. The molecule has 0 saturated carbocycles. The van der Waals surface area contributed by atoms with Crippen LogP contribution in [0.15, 0.2) is 18.2 Å². The van der Waals surface area contributed by atoms with Crippen molar-refractivity contribution >= 4 is 11.8 Å². The maximum atomic E-state index is 11.2. The van der Waals surface area contributed by atoms with Gasteiger partial charge in [0.2, 0.25) is 0 Å². The van der Waals surface area contributed by atoms with Crippen LogP contribution in [0.4, 0.5) is 0 Å². The Hall–Kier alpha value is -0.870. The minimum atomic E-state index is -0.689. The summed E-state index contributed by atoms with van der Waals surface area (Å²) < 4.78 is 11.5. The predicted octanol–water partition coefficient (Wildman–Crippen LogP) is 3.48. The van der Waals surface area contributed by atoms with Crippen LogP contribution in [0.2, 0.25) is 0 Å². The average Bonchev–Trinajstić information content (AvgIpc) is 2.71. The van der Waals surface area contributed by atoms with Crippen LogP contribution in [0.1, 0.15) is 44.1 Å². The number of aliphatic hydroxyl groups is 1. The van der Waals surface area contributed by atoms with Crippen molar-refractivity contribution in [3.05, 3.63) is 23.8 Å². The minimum Gasteiger partial charge on any atom is -0.490 e. The lowest BCUT2D eigenvalue weighted by molar-refractivity contribution is 0.00790. The normalized spacial score (nSPS) is 35.1. The van der Waals surface area contributed by atoms with Crippen molar-refractivity contribution in [1.82, 2.24) is 0 Å². The Labute approximate surface area is 130 Å². The monoisotopic (exact) mass is 306 g/mol. The van der Waals surface area contributed by atoms with E-state index in [4.69, 9.17) is 9.47 Å². The Morgan fingerprint density at radius 1 is 1.00 bits per heavy atom. The van der Waals surface area contributed by atoms with E-state index in [9.17, 15) is 5.11 Å². The van der Waals surface area contributed by atoms with Gasteiger partial charge in [-0.3, -0.25) is 0 Å². The second-order valence-corrected chi connectivity index (χ2v) is 8.07. The molecule has 3 heterocycles. The fourth-order valence-electron chi connectivity index (χ4n) is 3.81. The molecule has 21 heavy (non-hydrogen) atoms. The Kier molecular flexibility index (Phi) is 3.54. The first-order chi connectivity index (χ1) is 10.2. The maximum absolute atomic E-state index is 11.2. The standard InChI is InChI=1S/C17H22O3S/c18-17(10-13-3-1-4-14(11-17)21-13)12-5-6-15-16(9-12)20-8-2-7-19-15/h5-6,9,13-14,18H,1-4,7-8,10-11H2. The Bertz CT molecular complexity index is 519. The SMILES string of the molecule is OC1(c2ccc3c(c2)OCCCO3)CC2CCCC(C1)S2. The third kappa shape index (κ3) is 2.64. The molecule has 4 rings (SSSR count). The summed E-state index contributed by atoms with van der Waals surface area (Å²) in [5.74, 6) is 1.60. The van der Waals surface area contributed by atoms with Gasteiger partial charge in [0.25, 0.3) is 0 Å². The number of benzene rings is 1. The summed E-state index contributed by atoms with van der Waals surface area (Å²) in [5, 5.41) is 12.4. The van der Waals surface area contributed by atoms with Crippen LogP contribution in [-0.2, 0) is 5.60 Å². The predicted molar refractivity (Wildman–Crippen MR) is 84.2 cm³/mol. The minimum absolute atomic E-state index is 0.610. The molecule has 0 radical (unpaired) electrons.